The minimum absolute atomic E-state index is 0.667. The molecule has 2 rings (SSSR count). The summed E-state index contributed by atoms with van der Waals surface area (Å²) in [7, 11) is 0. The first kappa shape index (κ1) is 9.36. The third kappa shape index (κ3) is 2.18. The molecular formula is C14H9O. The van der Waals surface area contributed by atoms with Gasteiger partial charge >= 0.3 is 0 Å². The summed E-state index contributed by atoms with van der Waals surface area (Å²) in [6.07, 6.45) is 5.36. The highest BCUT2D eigenvalue weighted by molar-refractivity contribution is 5.46. The normalized spacial score (nSPS) is 9.27. The largest absolute Gasteiger partial charge is 0.455 e. The molecular weight excluding hydrogens is 184 g/mol. The molecule has 1 heteroatoms. The second-order valence-corrected chi connectivity index (χ2v) is 2.97. The lowest BCUT2D eigenvalue weighted by Crippen LogP contribution is -1.87. The molecule has 0 aromatic heterocycles. The van der Waals surface area contributed by atoms with Gasteiger partial charge in [-0.2, -0.15) is 0 Å². The number of benzene rings is 2. The first-order valence-electron chi connectivity index (χ1n) is 4.60. The molecule has 15 heavy (non-hydrogen) atoms. The fourth-order valence-electron chi connectivity index (χ4n) is 1.23. The van der Waals surface area contributed by atoms with Crippen LogP contribution in [0.2, 0.25) is 0 Å². The van der Waals surface area contributed by atoms with E-state index in [1.807, 2.05) is 42.5 Å². The SMILES string of the molecule is C#Cc1ccccc1Oc1[c]cccc1. The van der Waals surface area contributed by atoms with Gasteiger partial charge in [0.2, 0.25) is 0 Å². The summed E-state index contributed by atoms with van der Waals surface area (Å²) in [4.78, 5) is 0. The average Bonchev–Trinajstić information content (AvgIpc) is 2.31. The van der Waals surface area contributed by atoms with Crippen LogP contribution >= 0.6 is 0 Å². The zero-order valence-corrected chi connectivity index (χ0v) is 8.10. The molecule has 0 heterocycles. The van der Waals surface area contributed by atoms with Gasteiger partial charge in [-0.3, -0.25) is 0 Å². The van der Waals surface area contributed by atoms with Crippen LogP contribution in [0.5, 0.6) is 11.5 Å². The zero-order chi connectivity index (χ0) is 10.5. The Labute approximate surface area is 89.3 Å². The Hall–Kier alpha value is -2.20. The van der Waals surface area contributed by atoms with E-state index in [0.29, 0.717) is 11.5 Å². The molecule has 0 aliphatic heterocycles. The van der Waals surface area contributed by atoms with Crippen molar-refractivity contribution in [2.45, 2.75) is 0 Å². The van der Waals surface area contributed by atoms with Gasteiger partial charge in [-0.1, -0.05) is 36.3 Å². The molecule has 0 saturated carbocycles. The number of para-hydroxylation sites is 2. The standard InChI is InChI=1S/C14H9O/c1-2-12-8-6-7-11-14(12)15-13-9-4-3-5-10-13/h1,3-9,11H. The van der Waals surface area contributed by atoms with Crippen LogP contribution in [0, 0.1) is 18.4 Å². The van der Waals surface area contributed by atoms with E-state index >= 15 is 0 Å². The van der Waals surface area contributed by atoms with Gasteiger partial charge < -0.3 is 4.74 Å². The van der Waals surface area contributed by atoms with Gasteiger partial charge in [-0.05, 0) is 18.2 Å². The molecule has 0 amide bonds. The van der Waals surface area contributed by atoms with Gasteiger partial charge in [-0.25, -0.2) is 0 Å². The zero-order valence-electron chi connectivity index (χ0n) is 8.10. The quantitative estimate of drug-likeness (QED) is 0.665. The second kappa shape index (κ2) is 4.34. The third-order valence-electron chi connectivity index (χ3n) is 1.94. The van der Waals surface area contributed by atoms with Crippen LogP contribution in [-0.2, 0) is 0 Å². The van der Waals surface area contributed by atoms with E-state index in [-0.39, 0.29) is 0 Å². The number of terminal acetylenes is 1. The molecule has 0 unspecified atom stereocenters. The van der Waals surface area contributed by atoms with Crippen molar-refractivity contribution in [1.82, 2.24) is 0 Å². The molecule has 1 radical (unpaired) electrons. The maximum Gasteiger partial charge on any atom is 0.143 e. The van der Waals surface area contributed by atoms with Gasteiger partial charge in [0.25, 0.3) is 0 Å². The number of hydrogen-bond acceptors (Lipinski definition) is 1. The van der Waals surface area contributed by atoms with E-state index in [2.05, 4.69) is 12.0 Å². The first-order valence-corrected chi connectivity index (χ1v) is 4.60. The Morgan fingerprint density at radius 3 is 2.60 bits per heavy atom. The van der Waals surface area contributed by atoms with Gasteiger partial charge in [0.15, 0.2) is 0 Å². The van der Waals surface area contributed by atoms with Gasteiger partial charge in [0, 0.05) is 6.07 Å². The van der Waals surface area contributed by atoms with Crippen LogP contribution in [0.1, 0.15) is 5.56 Å². The predicted molar refractivity (Wildman–Crippen MR) is 59.7 cm³/mol. The Morgan fingerprint density at radius 1 is 1.07 bits per heavy atom. The van der Waals surface area contributed by atoms with Crippen LogP contribution in [0.4, 0.5) is 0 Å². The smallest absolute Gasteiger partial charge is 0.143 e. The molecule has 0 aliphatic carbocycles. The maximum atomic E-state index is 5.60. The monoisotopic (exact) mass is 193 g/mol. The molecule has 0 saturated heterocycles. The topological polar surface area (TPSA) is 9.23 Å². The lowest BCUT2D eigenvalue weighted by Gasteiger charge is -2.06. The number of ether oxygens (including phenoxy) is 1. The highest BCUT2D eigenvalue weighted by Gasteiger charge is 2.00. The Morgan fingerprint density at radius 2 is 1.87 bits per heavy atom. The van der Waals surface area contributed by atoms with Crippen molar-refractivity contribution >= 4 is 0 Å². The minimum atomic E-state index is 0.667. The molecule has 0 bridgehead atoms. The number of hydrogen-bond donors (Lipinski definition) is 0. The lowest BCUT2D eigenvalue weighted by molar-refractivity contribution is 0.480. The third-order valence-corrected chi connectivity index (χ3v) is 1.94. The Kier molecular flexibility index (Phi) is 2.71. The predicted octanol–water partition coefficient (Wildman–Crippen LogP) is 3.26. The molecule has 2 aromatic rings. The highest BCUT2D eigenvalue weighted by Crippen LogP contribution is 2.23. The maximum absolute atomic E-state index is 5.60. The van der Waals surface area contributed by atoms with Gasteiger partial charge in [0.05, 0.1) is 5.56 Å². The molecule has 71 valence electrons. The molecule has 0 atom stereocenters. The van der Waals surface area contributed by atoms with Crippen molar-refractivity contribution in [1.29, 1.82) is 0 Å². The summed E-state index contributed by atoms with van der Waals surface area (Å²) >= 11 is 0. The van der Waals surface area contributed by atoms with E-state index in [1.165, 1.54) is 0 Å². The summed E-state index contributed by atoms with van der Waals surface area (Å²) in [6, 6.07) is 17.9. The van der Waals surface area contributed by atoms with Crippen molar-refractivity contribution in [3.63, 3.8) is 0 Å². The van der Waals surface area contributed by atoms with Crippen LogP contribution < -0.4 is 4.74 Å². The second-order valence-electron chi connectivity index (χ2n) is 2.97. The Bertz CT molecular complexity index is 480. The molecule has 0 spiro atoms. The molecule has 2 aromatic carbocycles. The van der Waals surface area contributed by atoms with E-state index in [4.69, 9.17) is 11.2 Å². The Balaban J connectivity index is 2.29. The average molecular weight is 193 g/mol. The minimum Gasteiger partial charge on any atom is -0.455 e. The summed E-state index contributed by atoms with van der Waals surface area (Å²) in [5, 5.41) is 0. The van der Waals surface area contributed by atoms with Crippen molar-refractivity contribution in [3.8, 4) is 23.8 Å². The van der Waals surface area contributed by atoms with Crippen molar-refractivity contribution in [2.24, 2.45) is 0 Å². The summed E-state index contributed by atoms with van der Waals surface area (Å²) < 4.78 is 5.60. The summed E-state index contributed by atoms with van der Waals surface area (Å²) in [5.74, 6) is 3.93. The van der Waals surface area contributed by atoms with E-state index in [0.717, 1.165) is 5.56 Å². The van der Waals surface area contributed by atoms with Crippen LogP contribution in [0.3, 0.4) is 0 Å². The van der Waals surface area contributed by atoms with Crippen LogP contribution in [0.25, 0.3) is 0 Å². The van der Waals surface area contributed by atoms with Gasteiger partial charge in [-0.15, -0.1) is 6.42 Å². The van der Waals surface area contributed by atoms with Crippen molar-refractivity contribution < 1.29 is 4.74 Å². The molecule has 0 N–H and O–H groups in total. The molecule has 1 nitrogen and oxygen atoms in total. The number of rotatable bonds is 2. The highest BCUT2D eigenvalue weighted by atomic mass is 16.5. The fraction of sp³-hybridized carbons (Fsp3) is 0. The van der Waals surface area contributed by atoms with Crippen LogP contribution in [-0.4, -0.2) is 0 Å². The van der Waals surface area contributed by atoms with E-state index in [1.54, 1.807) is 6.07 Å². The summed E-state index contributed by atoms with van der Waals surface area (Å²) in [6.45, 7) is 0. The van der Waals surface area contributed by atoms with Gasteiger partial charge in [0.1, 0.15) is 11.5 Å². The van der Waals surface area contributed by atoms with E-state index < -0.39 is 0 Å². The molecule has 0 fully saturated rings. The van der Waals surface area contributed by atoms with Crippen LogP contribution in [0.15, 0.2) is 48.5 Å². The molecule has 0 aliphatic rings. The summed E-state index contributed by atoms with van der Waals surface area (Å²) in [5.41, 5.74) is 0.745. The van der Waals surface area contributed by atoms with Crippen molar-refractivity contribution in [2.75, 3.05) is 0 Å². The fourth-order valence-corrected chi connectivity index (χ4v) is 1.23. The lowest BCUT2D eigenvalue weighted by atomic mass is 10.2. The van der Waals surface area contributed by atoms with E-state index in [9.17, 15) is 0 Å². The van der Waals surface area contributed by atoms with Crippen molar-refractivity contribution in [3.05, 3.63) is 60.2 Å². The first-order chi connectivity index (χ1) is 7.40.